The lowest BCUT2D eigenvalue weighted by atomic mass is 10.2. The number of amides is 1. The van der Waals surface area contributed by atoms with Gasteiger partial charge in [-0.05, 0) is 30.3 Å². The molecule has 20 heavy (non-hydrogen) atoms. The molecule has 0 spiro atoms. The first-order valence-corrected chi connectivity index (χ1v) is 7.77. The molecule has 5 nitrogen and oxygen atoms in total. The number of carbonyl (C=O) groups excluding carboxylic acids is 1. The number of sulfone groups is 1. The van der Waals surface area contributed by atoms with Crippen LogP contribution < -0.4 is 10.9 Å². The first-order chi connectivity index (χ1) is 9.47. The molecule has 0 aromatic heterocycles. The first kappa shape index (κ1) is 14.1. The highest BCUT2D eigenvalue weighted by molar-refractivity contribution is 7.90. The second kappa shape index (κ2) is 5.75. The molecule has 0 aliphatic carbocycles. The molecule has 2 N–H and O–H groups in total. The molecule has 0 unspecified atom stereocenters. The van der Waals surface area contributed by atoms with Crippen molar-refractivity contribution < 1.29 is 13.2 Å². The van der Waals surface area contributed by atoms with E-state index in [0.717, 1.165) is 11.9 Å². The van der Waals surface area contributed by atoms with E-state index in [4.69, 9.17) is 0 Å². The van der Waals surface area contributed by atoms with Crippen LogP contribution in [0.2, 0.25) is 0 Å². The van der Waals surface area contributed by atoms with Gasteiger partial charge in [-0.25, -0.2) is 8.42 Å². The van der Waals surface area contributed by atoms with Gasteiger partial charge in [0, 0.05) is 11.8 Å². The van der Waals surface area contributed by atoms with E-state index in [9.17, 15) is 13.2 Å². The quantitative estimate of drug-likeness (QED) is 0.843. The van der Waals surface area contributed by atoms with Gasteiger partial charge in [0.2, 0.25) is 0 Å². The number of rotatable bonds is 4. The van der Waals surface area contributed by atoms with Crippen molar-refractivity contribution in [1.82, 2.24) is 5.43 Å². The molecule has 2 rings (SSSR count). The highest BCUT2D eigenvalue weighted by atomic mass is 32.2. The van der Waals surface area contributed by atoms with Crippen LogP contribution >= 0.6 is 0 Å². The largest absolute Gasteiger partial charge is 0.298 e. The summed E-state index contributed by atoms with van der Waals surface area (Å²) in [5, 5.41) is 0. The van der Waals surface area contributed by atoms with Gasteiger partial charge in [0.05, 0.1) is 10.6 Å². The summed E-state index contributed by atoms with van der Waals surface area (Å²) in [7, 11) is -3.33. The van der Waals surface area contributed by atoms with Crippen LogP contribution in [-0.4, -0.2) is 20.6 Å². The van der Waals surface area contributed by atoms with E-state index < -0.39 is 15.7 Å². The second-order valence-electron chi connectivity index (χ2n) is 4.25. The third kappa shape index (κ3) is 3.58. The number of para-hydroxylation sites is 1. The fourth-order valence-electron chi connectivity index (χ4n) is 1.59. The maximum Gasteiger partial charge on any atom is 0.269 e. The Hall–Kier alpha value is -2.34. The zero-order valence-corrected chi connectivity index (χ0v) is 11.6. The van der Waals surface area contributed by atoms with Gasteiger partial charge in [0.25, 0.3) is 5.91 Å². The molecule has 0 atom stereocenters. The summed E-state index contributed by atoms with van der Waals surface area (Å²) in [6.45, 7) is 0. The van der Waals surface area contributed by atoms with Crippen LogP contribution in [0.3, 0.4) is 0 Å². The standard InChI is InChI=1S/C14H14N2O3S/c1-20(18,19)13-9-5-6-11(10-13)14(17)16-15-12-7-3-2-4-8-12/h2-10,15H,1H3,(H,16,17). The van der Waals surface area contributed by atoms with E-state index in [0.29, 0.717) is 0 Å². The smallest absolute Gasteiger partial charge is 0.269 e. The Balaban J connectivity index is 2.10. The Kier molecular flexibility index (Phi) is 4.05. The molecule has 1 amide bonds. The summed E-state index contributed by atoms with van der Waals surface area (Å²) in [5.41, 5.74) is 6.27. The molecule has 0 aliphatic rings. The molecular formula is C14H14N2O3S. The van der Waals surface area contributed by atoms with Gasteiger partial charge < -0.3 is 0 Å². The lowest BCUT2D eigenvalue weighted by molar-refractivity contribution is 0.0962. The number of nitrogens with one attached hydrogen (secondary N) is 2. The Bertz CT molecular complexity index is 712. The summed E-state index contributed by atoms with van der Waals surface area (Å²) in [4.78, 5) is 12.0. The number of benzene rings is 2. The molecule has 2 aromatic carbocycles. The van der Waals surface area contributed by atoms with Crippen LogP contribution in [0.25, 0.3) is 0 Å². The van der Waals surface area contributed by atoms with Crippen molar-refractivity contribution in [2.24, 2.45) is 0 Å². The van der Waals surface area contributed by atoms with Gasteiger partial charge in [-0.3, -0.25) is 15.6 Å². The molecule has 104 valence electrons. The van der Waals surface area contributed by atoms with Gasteiger partial charge in [0.15, 0.2) is 9.84 Å². The molecule has 0 aliphatic heterocycles. The normalized spacial score (nSPS) is 10.8. The topological polar surface area (TPSA) is 75.3 Å². The van der Waals surface area contributed by atoms with Crippen LogP contribution in [0, 0.1) is 0 Å². The Morgan fingerprint density at radius 2 is 1.70 bits per heavy atom. The zero-order valence-electron chi connectivity index (χ0n) is 10.8. The molecule has 0 radical (unpaired) electrons. The SMILES string of the molecule is CS(=O)(=O)c1cccc(C(=O)NNc2ccccc2)c1. The molecular weight excluding hydrogens is 276 g/mol. The van der Waals surface area contributed by atoms with Crippen molar-refractivity contribution in [3.63, 3.8) is 0 Å². The van der Waals surface area contributed by atoms with Crippen LogP contribution in [0.5, 0.6) is 0 Å². The molecule has 0 heterocycles. The van der Waals surface area contributed by atoms with Crippen molar-refractivity contribution in [2.45, 2.75) is 4.90 Å². The van der Waals surface area contributed by atoms with Crippen LogP contribution in [0.4, 0.5) is 5.69 Å². The maximum atomic E-state index is 11.9. The van der Waals surface area contributed by atoms with E-state index in [2.05, 4.69) is 10.9 Å². The lowest BCUT2D eigenvalue weighted by Crippen LogP contribution is -2.29. The first-order valence-electron chi connectivity index (χ1n) is 5.88. The van der Waals surface area contributed by atoms with Crippen molar-refractivity contribution in [2.75, 3.05) is 11.7 Å². The number of carbonyl (C=O) groups is 1. The number of hydrazine groups is 1. The van der Waals surface area contributed by atoms with E-state index in [1.54, 1.807) is 18.2 Å². The van der Waals surface area contributed by atoms with Crippen molar-refractivity contribution >= 4 is 21.4 Å². The Morgan fingerprint density at radius 1 is 1.00 bits per heavy atom. The fraction of sp³-hybridized carbons (Fsp3) is 0.0714. The molecule has 6 heteroatoms. The van der Waals surface area contributed by atoms with Crippen molar-refractivity contribution in [3.05, 3.63) is 60.2 Å². The summed E-state index contributed by atoms with van der Waals surface area (Å²) in [5.74, 6) is -0.403. The maximum absolute atomic E-state index is 11.9. The van der Waals surface area contributed by atoms with E-state index in [-0.39, 0.29) is 10.5 Å². The van der Waals surface area contributed by atoms with Crippen LogP contribution in [0.15, 0.2) is 59.5 Å². The summed E-state index contributed by atoms with van der Waals surface area (Å²) in [6, 6.07) is 15.0. The fourth-order valence-corrected chi connectivity index (χ4v) is 2.26. The average Bonchev–Trinajstić information content (AvgIpc) is 2.45. The molecule has 2 aromatic rings. The minimum atomic E-state index is -3.33. The Morgan fingerprint density at radius 3 is 2.35 bits per heavy atom. The highest BCUT2D eigenvalue weighted by Gasteiger charge is 2.11. The minimum absolute atomic E-state index is 0.116. The van der Waals surface area contributed by atoms with E-state index >= 15 is 0 Å². The third-order valence-corrected chi connectivity index (χ3v) is 3.73. The minimum Gasteiger partial charge on any atom is -0.298 e. The average molecular weight is 290 g/mol. The van der Waals surface area contributed by atoms with Gasteiger partial charge in [0.1, 0.15) is 0 Å². The van der Waals surface area contributed by atoms with Crippen molar-refractivity contribution in [1.29, 1.82) is 0 Å². The van der Waals surface area contributed by atoms with Crippen molar-refractivity contribution in [3.8, 4) is 0 Å². The van der Waals surface area contributed by atoms with Gasteiger partial charge in [-0.2, -0.15) is 0 Å². The molecule has 0 saturated heterocycles. The predicted molar refractivity (Wildman–Crippen MR) is 77.1 cm³/mol. The summed E-state index contributed by atoms with van der Waals surface area (Å²) >= 11 is 0. The van der Waals surface area contributed by atoms with E-state index in [1.165, 1.54) is 18.2 Å². The summed E-state index contributed by atoms with van der Waals surface area (Å²) in [6.07, 6.45) is 1.10. The summed E-state index contributed by atoms with van der Waals surface area (Å²) < 4.78 is 22.9. The van der Waals surface area contributed by atoms with Crippen LogP contribution in [0.1, 0.15) is 10.4 Å². The monoisotopic (exact) mass is 290 g/mol. The molecule has 0 saturated carbocycles. The number of anilines is 1. The second-order valence-corrected chi connectivity index (χ2v) is 6.26. The van der Waals surface area contributed by atoms with E-state index in [1.807, 2.05) is 18.2 Å². The zero-order chi connectivity index (χ0) is 14.6. The highest BCUT2D eigenvalue weighted by Crippen LogP contribution is 2.11. The third-order valence-electron chi connectivity index (χ3n) is 2.62. The van der Waals surface area contributed by atoms with Crippen LogP contribution in [-0.2, 0) is 9.84 Å². The molecule has 0 fully saturated rings. The number of hydrogen-bond acceptors (Lipinski definition) is 4. The molecule has 0 bridgehead atoms. The Labute approximate surface area is 117 Å². The van der Waals surface area contributed by atoms with Gasteiger partial charge >= 0.3 is 0 Å². The lowest BCUT2D eigenvalue weighted by Gasteiger charge is -2.08. The van der Waals surface area contributed by atoms with Gasteiger partial charge in [-0.15, -0.1) is 0 Å². The predicted octanol–water partition coefficient (Wildman–Crippen LogP) is 1.85. The number of hydrogen-bond donors (Lipinski definition) is 2. The van der Waals surface area contributed by atoms with Gasteiger partial charge in [-0.1, -0.05) is 24.3 Å².